The molecule has 2 aromatic heterocycles. The van der Waals surface area contributed by atoms with E-state index in [4.69, 9.17) is 0 Å². The summed E-state index contributed by atoms with van der Waals surface area (Å²) >= 11 is 1.43. The lowest BCUT2D eigenvalue weighted by molar-refractivity contribution is 0.0526. The minimum Gasteiger partial charge on any atom is -0.383 e. The van der Waals surface area contributed by atoms with E-state index < -0.39 is 5.60 Å². The van der Waals surface area contributed by atoms with Gasteiger partial charge in [0.05, 0.1) is 23.4 Å². The van der Waals surface area contributed by atoms with Crippen LogP contribution >= 0.6 is 11.3 Å². The lowest BCUT2D eigenvalue weighted by atomic mass is 10.00. The molecule has 0 spiro atoms. The molecule has 23 heavy (non-hydrogen) atoms. The van der Waals surface area contributed by atoms with Crippen molar-refractivity contribution in [3.05, 3.63) is 33.5 Å². The maximum Gasteiger partial charge on any atom is 0.263 e. The van der Waals surface area contributed by atoms with Gasteiger partial charge in [0.1, 0.15) is 10.5 Å². The Balaban J connectivity index is 2.03. The number of carbonyl (C=O) groups excluding carboxylic acids is 1. The zero-order valence-electron chi connectivity index (χ0n) is 14.3. The van der Waals surface area contributed by atoms with Crippen molar-refractivity contribution in [3.63, 3.8) is 0 Å². The Morgan fingerprint density at radius 3 is 2.78 bits per heavy atom. The molecule has 0 radical (unpaired) electrons. The van der Waals surface area contributed by atoms with Crippen LogP contribution in [0.3, 0.4) is 0 Å². The van der Waals surface area contributed by atoms with Crippen LogP contribution in [0.15, 0.2) is 12.4 Å². The zero-order chi connectivity index (χ0) is 17.2. The molecule has 6 nitrogen and oxygen atoms in total. The Kier molecular flexibility index (Phi) is 5.21. The van der Waals surface area contributed by atoms with Crippen LogP contribution in [0.1, 0.15) is 46.7 Å². The molecule has 2 rings (SSSR count). The molecular weight excluding hydrogens is 312 g/mol. The summed E-state index contributed by atoms with van der Waals surface area (Å²) in [5, 5.41) is 18.3. The van der Waals surface area contributed by atoms with Crippen LogP contribution in [-0.4, -0.2) is 32.3 Å². The van der Waals surface area contributed by atoms with E-state index in [0.717, 1.165) is 17.1 Å². The van der Waals surface area contributed by atoms with Gasteiger partial charge in [0.2, 0.25) is 0 Å². The van der Waals surface area contributed by atoms with Crippen molar-refractivity contribution in [1.29, 1.82) is 0 Å². The first-order chi connectivity index (χ1) is 10.7. The second-order valence-electron chi connectivity index (χ2n) is 6.48. The van der Waals surface area contributed by atoms with Crippen molar-refractivity contribution in [2.45, 2.75) is 39.7 Å². The number of aliphatic hydroxyl groups is 1. The van der Waals surface area contributed by atoms with Gasteiger partial charge in [0.15, 0.2) is 0 Å². The number of amides is 1. The molecule has 0 aromatic carbocycles. The highest BCUT2D eigenvalue weighted by molar-refractivity contribution is 7.13. The molecule has 0 aliphatic heterocycles. The number of hydrogen-bond donors (Lipinski definition) is 2. The molecule has 0 aliphatic rings. The van der Waals surface area contributed by atoms with Gasteiger partial charge in [-0.15, -0.1) is 11.3 Å². The number of carbonyl (C=O) groups is 1. The minimum absolute atomic E-state index is 0.119. The van der Waals surface area contributed by atoms with Crippen molar-refractivity contribution < 1.29 is 9.90 Å². The molecule has 0 saturated carbocycles. The molecule has 0 fully saturated rings. The van der Waals surface area contributed by atoms with Crippen LogP contribution in [0.25, 0.3) is 0 Å². The third-order valence-electron chi connectivity index (χ3n) is 3.55. The summed E-state index contributed by atoms with van der Waals surface area (Å²) in [6.07, 6.45) is 4.21. The zero-order valence-corrected chi connectivity index (χ0v) is 15.1. The quantitative estimate of drug-likeness (QED) is 0.846. The summed E-state index contributed by atoms with van der Waals surface area (Å²) in [6, 6.07) is 0. The molecule has 2 heterocycles. The van der Waals surface area contributed by atoms with E-state index in [2.05, 4.69) is 29.2 Å². The van der Waals surface area contributed by atoms with Gasteiger partial charge in [-0.1, -0.05) is 13.8 Å². The average Bonchev–Trinajstić information content (AvgIpc) is 3.02. The lowest BCUT2D eigenvalue weighted by Crippen LogP contribution is -2.38. The van der Waals surface area contributed by atoms with Crippen LogP contribution in [0, 0.1) is 12.8 Å². The highest BCUT2D eigenvalue weighted by Crippen LogP contribution is 2.22. The Morgan fingerprint density at radius 2 is 2.22 bits per heavy atom. The second-order valence-corrected chi connectivity index (χ2v) is 7.56. The van der Waals surface area contributed by atoms with Gasteiger partial charge in [-0.3, -0.25) is 9.48 Å². The number of thiazole rings is 1. The van der Waals surface area contributed by atoms with E-state index in [1.807, 2.05) is 6.92 Å². The predicted molar refractivity (Wildman–Crippen MR) is 90.5 cm³/mol. The van der Waals surface area contributed by atoms with Crippen LogP contribution in [0.5, 0.6) is 0 Å². The molecule has 0 aliphatic carbocycles. The van der Waals surface area contributed by atoms with Crippen LogP contribution in [0.4, 0.5) is 0 Å². The molecule has 126 valence electrons. The number of nitrogens with one attached hydrogen (secondary N) is 1. The smallest absolute Gasteiger partial charge is 0.263 e. The van der Waals surface area contributed by atoms with E-state index in [9.17, 15) is 9.90 Å². The van der Waals surface area contributed by atoms with Gasteiger partial charge in [0, 0.05) is 25.2 Å². The van der Waals surface area contributed by atoms with Crippen molar-refractivity contribution in [1.82, 2.24) is 20.1 Å². The van der Waals surface area contributed by atoms with E-state index in [0.29, 0.717) is 16.4 Å². The Morgan fingerprint density at radius 1 is 1.52 bits per heavy atom. The van der Waals surface area contributed by atoms with Crippen LogP contribution in [0.2, 0.25) is 0 Å². The summed E-state index contributed by atoms with van der Waals surface area (Å²) < 4.78 is 1.62. The van der Waals surface area contributed by atoms with Crippen LogP contribution < -0.4 is 5.32 Å². The van der Waals surface area contributed by atoms with Gasteiger partial charge in [0.25, 0.3) is 5.91 Å². The van der Waals surface area contributed by atoms with E-state index in [-0.39, 0.29) is 12.5 Å². The largest absolute Gasteiger partial charge is 0.383 e. The normalized spacial score (nSPS) is 14.0. The van der Waals surface area contributed by atoms with Crippen molar-refractivity contribution in [2.75, 3.05) is 6.54 Å². The summed E-state index contributed by atoms with van der Waals surface area (Å²) in [5.41, 5.74) is 0.245. The molecule has 1 amide bonds. The fourth-order valence-electron chi connectivity index (χ4n) is 2.23. The molecule has 0 saturated heterocycles. The number of nitrogens with zero attached hydrogens (tertiary/aromatic N) is 3. The summed E-state index contributed by atoms with van der Waals surface area (Å²) in [6.45, 7) is 7.88. The number of hydrogen-bond acceptors (Lipinski definition) is 5. The van der Waals surface area contributed by atoms with E-state index in [1.165, 1.54) is 11.3 Å². The molecule has 2 aromatic rings. The summed E-state index contributed by atoms with van der Waals surface area (Å²) in [7, 11) is 1.79. The Hall–Kier alpha value is -1.73. The predicted octanol–water partition coefficient (Wildman–Crippen LogP) is 2.02. The number of rotatable bonds is 6. The standard InChI is InChI=1S/C16H24N4O2S/c1-10(2)6-13-19-11(3)14(23-13)15(21)17-9-16(4,22)12-7-18-20(5)8-12/h7-8,10,22H,6,9H2,1-5H3,(H,17,21). The molecule has 7 heteroatoms. The Labute approximate surface area is 140 Å². The third kappa shape index (κ3) is 4.39. The maximum absolute atomic E-state index is 12.4. The second kappa shape index (κ2) is 6.80. The first-order valence-corrected chi connectivity index (χ1v) is 8.46. The van der Waals surface area contributed by atoms with E-state index in [1.54, 1.807) is 31.0 Å². The van der Waals surface area contributed by atoms with Crippen molar-refractivity contribution in [3.8, 4) is 0 Å². The first-order valence-electron chi connectivity index (χ1n) is 7.65. The van der Waals surface area contributed by atoms with Crippen molar-refractivity contribution >= 4 is 17.2 Å². The minimum atomic E-state index is -1.16. The first kappa shape index (κ1) is 17.6. The molecule has 1 atom stereocenters. The van der Waals surface area contributed by atoms with Gasteiger partial charge < -0.3 is 10.4 Å². The Bertz CT molecular complexity index is 688. The SMILES string of the molecule is Cc1nc(CC(C)C)sc1C(=O)NCC(C)(O)c1cnn(C)c1. The third-order valence-corrected chi connectivity index (χ3v) is 4.73. The van der Waals surface area contributed by atoms with Crippen molar-refractivity contribution in [2.24, 2.45) is 13.0 Å². The number of aryl methyl sites for hydroxylation is 2. The van der Waals surface area contributed by atoms with Gasteiger partial charge in [-0.25, -0.2) is 4.98 Å². The van der Waals surface area contributed by atoms with Crippen LogP contribution in [-0.2, 0) is 19.1 Å². The van der Waals surface area contributed by atoms with Gasteiger partial charge in [-0.2, -0.15) is 5.10 Å². The molecule has 2 N–H and O–H groups in total. The maximum atomic E-state index is 12.4. The molecule has 0 bridgehead atoms. The van der Waals surface area contributed by atoms with Gasteiger partial charge >= 0.3 is 0 Å². The lowest BCUT2D eigenvalue weighted by Gasteiger charge is -2.22. The fraction of sp³-hybridized carbons (Fsp3) is 0.562. The molecular formula is C16H24N4O2S. The summed E-state index contributed by atoms with van der Waals surface area (Å²) in [5.74, 6) is 0.307. The fourth-order valence-corrected chi connectivity index (χ4v) is 3.43. The highest BCUT2D eigenvalue weighted by atomic mass is 32.1. The highest BCUT2D eigenvalue weighted by Gasteiger charge is 2.26. The van der Waals surface area contributed by atoms with E-state index >= 15 is 0 Å². The number of aromatic nitrogens is 3. The monoisotopic (exact) mass is 336 g/mol. The molecule has 1 unspecified atom stereocenters. The summed E-state index contributed by atoms with van der Waals surface area (Å²) in [4.78, 5) is 17.4. The van der Waals surface area contributed by atoms with Gasteiger partial charge in [-0.05, 0) is 19.8 Å². The average molecular weight is 336 g/mol. The topological polar surface area (TPSA) is 80.0 Å².